The molecule has 1 heterocycles. The third-order valence-corrected chi connectivity index (χ3v) is 2.41. The summed E-state index contributed by atoms with van der Waals surface area (Å²) in [5.41, 5.74) is 2.08. The van der Waals surface area contributed by atoms with Crippen LogP contribution < -0.4 is 4.74 Å². The van der Waals surface area contributed by atoms with E-state index in [-0.39, 0.29) is 18.0 Å². The number of carbonyl (C=O) groups is 1. The van der Waals surface area contributed by atoms with Gasteiger partial charge in [-0.2, -0.15) is 0 Å². The van der Waals surface area contributed by atoms with Gasteiger partial charge in [0.2, 0.25) is 0 Å². The zero-order valence-corrected chi connectivity index (χ0v) is 7.25. The Labute approximate surface area is 77.4 Å². The molecular weight excluding hydrogens is 190 g/mol. The number of nitrogens with zero attached hydrogens (tertiary/aromatic N) is 1. The molecule has 2 aromatic rings. The number of phenols is 1. The standard InChI is InChI=1S/C8H5NO3S/c10-4-12-5-1-2-6-7(8(5)11)9-3-13-6/h1-4,11H. The fourth-order valence-electron chi connectivity index (χ4n) is 1.05. The van der Waals surface area contributed by atoms with Crippen molar-refractivity contribution in [3.8, 4) is 11.5 Å². The summed E-state index contributed by atoms with van der Waals surface area (Å²) >= 11 is 1.41. The fourth-order valence-corrected chi connectivity index (χ4v) is 1.72. The summed E-state index contributed by atoms with van der Waals surface area (Å²) in [5, 5.41) is 9.53. The minimum Gasteiger partial charge on any atom is -0.503 e. The topological polar surface area (TPSA) is 59.4 Å². The highest BCUT2D eigenvalue weighted by atomic mass is 32.1. The maximum atomic E-state index is 10.0. The zero-order chi connectivity index (χ0) is 9.26. The monoisotopic (exact) mass is 195 g/mol. The van der Waals surface area contributed by atoms with Crippen molar-refractivity contribution in [1.82, 2.24) is 4.98 Å². The number of aromatic hydroxyl groups is 1. The van der Waals surface area contributed by atoms with E-state index in [2.05, 4.69) is 9.72 Å². The maximum Gasteiger partial charge on any atom is 0.298 e. The van der Waals surface area contributed by atoms with Gasteiger partial charge in [0.05, 0.1) is 10.2 Å². The van der Waals surface area contributed by atoms with Crippen LogP contribution in [0.5, 0.6) is 11.5 Å². The molecule has 0 amide bonds. The number of aromatic nitrogens is 1. The molecule has 0 spiro atoms. The first-order chi connectivity index (χ1) is 6.33. The molecule has 66 valence electrons. The molecule has 0 saturated heterocycles. The Morgan fingerprint density at radius 3 is 3.15 bits per heavy atom. The van der Waals surface area contributed by atoms with Crippen LogP contribution in [0.1, 0.15) is 0 Å². The molecule has 1 aromatic carbocycles. The van der Waals surface area contributed by atoms with Gasteiger partial charge in [-0.25, -0.2) is 4.98 Å². The van der Waals surface area contributed by atoms with E-state index in [1.165, 1.54) is 17.4 Å². The van der Waals surface area contributed by atoms with Gasteiger partial charge in [-0.15, -0.1) is 11.3 Å². The Bertz CT molecular complexity index is 452. The number of benzene rings is 1. The predicted octanol–water partition coefficient (Wildman–Crippen LogP) is 1.54. The highest BCUT2D eigenvalue weighted by Crippen LogP contribution is 2.34. The molecule has 0 saturated carbocycles. The van der Waals surface area contributed by atoms with Gasteiger partial charge in [-0.1, -0.05) is 0 Å². The van der Waals surface area contributed by atoms with Crippen molar-refractivity contribution in [2.45, 2.75) is 0 Å². The molecule has 2 rings (SSSR count). The average molecular weight is 195 g/mol. The van der Waals surface area contributed by atoms with Crippen molar-refractivity contribution in [3.05, 3.63) is 17.6 Å². The highest BCUT2D eigenvalue weighted by Gasteiger charge is 2.08. The molecule has 0 fully saturated rings. The minimum absolute atomic E-state index is 0.0918. The van der Waals surface area contributed by atoms with Gasteiger partial charge < -0.3 is 9.84 Å². The zero-order valence-electron chi connectivity index (χ0n) is 6.43. The van der Waals surface area contributed by atoms with E-state index in [1.54, 1.807) is 11.6 Å². The van der Waals surface area contributed by atoms with Crippen molar-refractivity contribution in [1.29, 1.82) is 0 Å². The number of phenolic OH excluding ortho intramolecular Hbond substituents is 1. The summed E-state index contributed by atoms with van der Waals surface area (Å²) in [6.07, 6.45) is 0. The molecule has 0 aliphatic heterocycles. The van der Waals surface area contributed by atoms with Crippen LogP contribution in [0.25, 0.3) is 10.2 Å². The fraction of sp³-hybridized carbons (Fsp3) is 0. The second kappa shape index (κ2) is 3.02. The van der Waals surface area contributed by atoms with E-state index < -0.39 is 0 Å². The molecule has 0 unspecified atom stereocenters. The smallest absolute Gasteiger partial charge is 0.298 e. The third kappa shape index (κ3) is 1.23. The lowest BCUT2D eigenvalue weighted by Crippen LogP contribution is -1.88. The Balaban J connectivity index is 2.65. The van der Waals surface area contributed by atoms with Crippen molar-refractivity contribution in [3.63, 3.8) is 0 Å². The minimum atomic E-state index is -0.0918. The average Bonchev–Trinajstić information content (AvgIpc) is 2.58. The summed E-state index contributed by atoms with van der Waals surface area (Å²) < 4.78 is 5.41. The summed E-state index contributed by atoms with van der Waals surface area (Å²) in [6, 6.07) is 3.27. The lowest BCUT2D eigenvalue weighted by Gasteiger charge is -2.00. The van der Waals surface area contributed by atoms with Crippen molar-refractivity contribution in [2.24, 2.45) is 0 Å². The van der Waals surface area contributed by atoms with Crippen LogP contribution in [-0.2, 0) is 4.79 Å². The van der Waals surface area contributed by atoms with Gasteiger partial charge >= 0.3 is 0 Å². The summed E-state index contributed by atoms with van der Waals surface area (Å²) in [7, 11) is 0. The van der Waals surface area contributed by atoms with Gasteiger partial charge in [0.1, 0.15) is 5.52 Å². The molecule has 1 aromatic heterocycles. The molecule has 1 N–H and O–H groups in total. The van der Waals surface area contributed by atoms with Crippen LogP contribution >= 0.6 is 11.3 Å². The predicted molar refractivity (Wildman–Crippen MR) is 48.0 cm³/mol. The number of hydrogen-bond acceptors (Lipinski definition) is 5. The van der Waals surface area contributed by atoms with Crippen LogP contribution in [-0.4, -0.2) is 16.6 Å². The van der Waals surface area contributed by atoms with E-state index >= 15 is 0 Å². The second-order valence-electron chi connectivity index (χ2n) is 2.33. The first-order valence-corrected chi connectivity index (χ1v) is 4.36. The quantitative estimate of drug-likeness (QED) is 0.738. The maximum absolute atomic E-state index is 10.0. The van der Waals surface area contributed by atoms with Crippen molar-refractivity contribution < 1.29 is 14.6 Å². The lowest BCUT2D eigenvalue weighted by molar-refractivity contribution is -0.120. The van der Waals surface area contributed by atoms with E-state index in [4.69, 9.17) is 0 Å². The number of rotatable bonds is 2. The Morgan fingerprint density at radius 2 is 2.38 bits per heavy atom. The normalized spacial score (nSPS) is 10.2. The van der Waals surface area contributed by atoms with Gasteiger partial charge in [-0.05, 0) is 12.1 Å². The number of thiazole rings is 1. The van der Waals surface area contributed by atoms with E-state index in [0.29, 0.717) is 5.52 Å². The highest BCUT2D eigenvalue weighted by molar-refractivity contribution is 7.16. The SMILES string of the molecule is O=COc1ccc2scnc2c1O. The number of hydrogen-bond donors (Lipinski definition) is 1. The van der Waals surface area contributed by atoms with Crippen LogP contribution in [0.2, 0.25) is 0 Å². The van der Waals surface area contributed by atoms with Crippen LogP contribution in [0.15, 0.2) is 17.6 Å². The third-order valence-electron chi connectivity index (χ3n) is 1.61. The number of carbonyl (C=O) groups excluding carboxylic acids is 1. The van der Waals surface area contributed by atoms with Crippen LogP contribution in [0.4, 0.5) is 0 Å². The summed E-state index contributed by atoms with van der Waals surface area (Å²) in [6.45, 7) is 0.271. The molecule has 0 aliphatic rings. The summed E-state index contributed by atoms with van der Waals surface area (Å²) in [5.74, 6) is 0.0410. The molecule has 4 nitrogen and oxygen atoms in total. The second-order valence-corrected chi connectivity index (χ2v) is 3.21. The van der Waals surface area contributed by atoms with Crippen molar-refractivity contribution in [2.75, 3.05) is 0 Å². The Morgan fingerprint density at radius 1 is 1.54 bits per heavy atom. The van der Waals surface area contributed by atoms with Crippen molar-refractivity contribution >= 4 is 28.0 Å². The van der Waals surface area contributed by atoms with E-state index in [9.17, 15) is 9.90 Å². The first-order valence-electron chi connectivity index (χ1n) is 3.48. The molecule has 13 heavy (non-hydrogen) atoms. The van der Waals surface area contributed by atoms with Gasteiger partial charge in [0.25, 0.3) is 6.47 Å². The molecular formula is C8H5NO3S. The van der Waals surface area contributed by atoms with Gasteiger partial charge in [-0.3, -0.25) is 4.79 Å². The van der Waals surface area contributed by atoms with Gasteiger partial charge in [0, 0.05) is 0 Å². The lowest BCUT2D eigenvalue weighted by atomic mass is 10.3. The molecule has 0 aliphatic carbocycles. The molecule has 0 bridgehead atoms. The van der Waals surface area contributed by atoms with Gasteiger partial charge in [0.15, 0.2) is 11.5 Å². The largest absolute Gasteiger partial charge is 0.503 e. The summed E-state index contributed by atoms with van der Waals surface area (Å²) in [4.78, 5) is 14.0. The van der Waals surface area contributed by atoms with Crippen LogP contribution in [0.3, 0.4) is 0 Å². The molecule has 0 radical (unpaired) electrons. The molecule has 5 heteroatoms. The Kier molecular flexibility index (Phi) is 1.86. The van der Waals surface area contributed by atoms with E-state index in [1.807, 2.05) is 0 Å². The first kappa shape index (κ1) is 8.00. The molecule has 0 atom stereocenters. The number of ether oxygens (including phenoxy) is 1. The Hall–Kier alpha value is -1.62. The number of fused-ring (bicyclic) bond motifs is 1. The van der Waals surface area contributed by atoms with E-state index in [0.717, 1.165) is 4.70 Å². The van der Waals surface area contributed by atoms with Crippen LogP contribution in [0, 0.1) is 0 Å².